The predicted molar refractivity (Wildman–Crippen MR) is 70.2 cm³/mol. The lowest BCUT2D eigenvalue weighted by Gasteiger charge is -2.05. The number of aryl methyl sites for hydroxylation is 2. The highest BCUT2D eigenvalue weighted by Gasteiger charge is 2.11. The van der Waals surface area contributed by atoms with E-state index in [2.05, 4.69) is 20.8 Å². The molecular weight excluding hydrogens is 242 g/mol. The number of fused-ring (bicyclic) bond motifs is 1. The van der Waals surface area contributed by atoms with Crippen LogP contribution in [0.25, 0.3) is 11.2 Å². The fraction of sp³-hybridized carbons (Fsp3) is 0.455. The number of alkyl halides is 1. The van der Waals surface area contributed by atoms with Gasteiger partial charge in [0.2, 0.25) is 0 Å². The van der Waals surface area contributed by atoms with Gasteiger partial charge in [0, 0.05) is 18.5 Å². The van der Waals surface area contributed by atoms with Crippen molar-refractivity contribution in [2.75, 3.05) is 12.0 Å². The van der Waals surface area contributed by atoms with Crippen molar-refractivity contribution in [1.82, 2.24) is 14.5 Å². The molecule has 2 aromatic rings. The summed E-state index contributed by atoms with van der Waals surface area (Å²) in [4.78, 5) is 8.94. The number of imidazole rings is 1. The van der Waals surface area contributed by atoms with E-state index in [1.54, 1.807) is 0 Å². The highest BCUT2D eigenvalue weighted by Crippen LogP contribution is 2.18. The van der Waals surface area contributed by atoms with E-state index in [0.717, 1.165) is 34.8 Å². The first-order valence-electron chi connectivity index (χ1n) is 5.13. The molecule has 5 heteroatoms. The van der Waals surface area contributed by atoms with Crippen molar-refractivity contribution in [2.24, 2.45) is 0 Å². The van der Waals surface area contributed by atoms with Crippen LogP contribution in [0.4, 0.5) is 0 Å². The number of thioether (sulfide) groups is 1. The van der Waals surface area contributed by atoms with E-state index in [4.69, 9.17) is 11.6 Å². The van der Waals surface area contributed by atoms with Crippen molar-refractivity contribution in [3.05, 3.63) is 23.7 Å². The highest BCUT2D eigenvalue weighted by molar-refractivity contribution is 7.98. The van der Waals surface area contributed by atoms with Gasteiger partial charge in [-0.1, -0.05) is 0 Å². The molecule has 0 atom stereocenters. The molecule has 0 saturated carbocycles. The molecule has 3 nitrogen and oxygen atoms in total. The number of hydrogen-bond acceptors (Lipinski definition) is 3. The van der Waals surface area contributed by atoms with Gasteiger partial charge in [0.15, 0.2) is 5.65 Å². The monoisotopic (exact) mass is 255 g/mol. The second kappa shape index (κ2) is 5.06. The smallest absolute Gasteiger partial charge is 0.160 e. The Morgan fingerprint density at radius 2 is 2.31 bits per heavy atom. The zero-order valence-corrected chi connectivity index (χ0v) is 11.0. The summed E-state index contributed by atoms with van der Waals surface area (Å²) in [7, 11) is 0. The largest absolute Gasteiger partial charge is 0.311 e. The second-order valence-corrected chi connectivity index (χ2v) is 4.86. The molecule has 0 bridgehead atoms. The average molecular weight is 256 g/mol. The van der Waals surface area contributed by atoms with Gasteiger partial charge < -0.3 is 4.57 Å². The fourth-order valence-electron chi connectivity index (χ4n) is 1.70. The summed E-state index contributed by atoms with van der Waals surface area (Å²) >= 11 is 7.73. The summed E-state index contributed by atoms with van der Waals surface area (Å²) in [5, 5.41) is 0. The molecule has 0 aliphatic rings. The minimum atomic E-state index is 0.435. The number of nitrogens with zero attached hydrogens (tertiary/aromatic N) is 3. The van der Waals surface area contributed by atoms with Crippen LogP contribution < -0.4 is 0 Å². The van der Waals surface area contributed by atoms with Crippen molar-refractivity contribution < 1.29 is 0 Å². The summed E-state index contributed by atoms with van der Waals surface area (Å²) in [5.74, 6) is 2.39. The van der Waals surface area contributed by atoms with Gasteiger partial charge in [0.1, 0.15) is 11.3 Å². The standard InChI is InChI=1S/C11H14ClN3S/c1-8-3-4-13-11-10(8)14-9(7-12)15(11)5-6-16-2/h3-4H,5-7H2,1-2H3. The molecule has 0 aliphatic heterocycles. The minimum Gasteiger partial charge on any atom is -0.311 e. The van der Waals surface area contributed by atoms with Gasteiger partial charge in [-0.25, -0.2) is 9.97 Å². The Morgan fingerprint density at radius 1 is 1.50 bits per heavy atom. The second-order valence-electron chi connectivity index (χ2n) is 3.61. The summed E-state index contributed by atoms with van der Waals surface area (Å²) in [6, 6.07) is 1.98. The Morgan fingerprint density at radius 3 is 3.00 bits per heavy atom. The minimum absolute atomic E-state index is 0.435. The van der Waals surface area contributed by atoms with Crippen LogP contribution in [0, 0.1) is 6.92 Å². The van der Waals surface area contributed by atoms with Crippen LogP contribution in [0.3, 0.4) is 0 Å². The van der Waals surface area contributed by atoms with Crippen molar-refractivity contribution in [2.45, 2.75) is 19.3 Å². The van der Waals surface area contributed by atoms with E-state index in [0.29, 0.717) is 5.88 Å². The number of pyridine rings is 1. The molecule has 2 rings (SSSR count). The van der Waals surface area contributed by atoms with Gasteiger partial charge in [0.05, 0.1) is 5.88 Å². The van der Waals surface area contributed by atoms with Gasteiger partial charge in [-0.15, -0.1) is 11.6 Å². The highest BCUT2D eigenvalue weighted by atomic mass is 35.5. The molecule has 16 heavy (non-hydrogen) atoms. The maximum atomic E-state index is 5.92. The normalized spacial score (nSPS) is 11.2. The van der Waals surface area contributed by atoms with Gasteiger partial charge in [-0.05, 0) is 24.8 Å². The van der Waals surface area contributed by atoms with Gasteiger partial charge in [-0.3, -0.25) is 0 Å². The summed E-state index contributed by atoms with van der Waals surface area (Å²) in [5.41, 5.74) is 3.07. The van der Waals surface area contributed by atoms with Crippen LogP contribution in [0.1, 0.15) is 11.4 Å². The molecule has 0 amide bonds. The Kier molecular flexibility index (Phi) is 3.71. The van der Waals surface area contributed by atoms with Crippen molar-refractivity contribution >= 4 is 34.5 Å². The molecule has 0 radical (unpaired) electrons. The van der Waals surface area contributed by atoms with E-state index < -0.39 is 0 Å². The lowest BCUT2D eigenvalue weighted by atomic mass is 10.3. The quantitative estimate of drug-likeness (QED) is 0.788. The molecule has 2 aromatic heterocycles. The molecule has 0 fully saturated rings. The van der Waals surface area contributed by atoms with Crippen molar-refractivity contribution in [3.63, 3.8) is 0 Å². The molecule has 0 N–H and O–H groups in total. The van der Waals surface area contributed by atoms with E-state index in [9.17, 15) is 0 Å². The lowest BCUT2D eigenvalue weighted by molar-refractivity contribution is 0.748. The van der Waals surface area contributed by atoms with E-state index >= 15 is 0 Å². The summed E-state index contributed by atoms with van der Waals surface area (Å²) in [6.45, 7) is 2.96. The maximum absolute atomic E-state index is 5.92. The van der Waals surface area contributed by atoms with Crippen molar-refractivity contribution in [1.29, 1.82) is 0 Å². The summed E-state index contributed by atoms with van der Waals surface area (Å²) in [6.07, 6.45) is 3.92. The van der Waals surface area contributed by atoms with Gasteiger partial charge >= 0.3 is 0 Å². The SMILES string of the molecule is CSCCn1c(CCl)nc2c(C)ccnc21. The molecule has 0 saturated heterocycles. The molecule has 0 aliphatic carbocycles. The fourth-order valence-corrected chi connectivity index (χ4v) is 2.27. The molecule has 0 aromatic carbocycles. The van der Waals surface area contributed by atoms with E-state index in [1.165, 1.54) is 0 Å². The Balaban J connectivity index is 2.54. The van der Waals surface area contributed by atoms with E-state index in [1.807, 2.05) is 30.9 Å². The third-order valence-electron chi connectivity index (χ3n) is 2.55. The van der Waals surface area contributed by atoms with Crippen LogP contribution in [0.15, 0.2) is 12.3 Å². The average Bonchev–Trinajstić information content (AvgIpc) is 2.66. The van der Waals surface area contributed by atoms with Crippen LogP contribution in [0.2, 0.25) is 0 Å². The van der Waals surface area contributed by atoms with Gasteiger partial charge in [-0.2, -0.15) is 11.8 Å². The Labute approximate surface area is 104 Å². The Hall–Kier alpha value is -0.740. The van der Waals surface area contributed by atoms with Gasteiger partial charge in [0.25, 0.3) is 0 Å². The number of halogens is 1. The first-order valence-corrected chi connectivity index (χ1v) is 7.06. The van der Waals surface area contributed by atoms with E-state index in [-0.39, 0.29) is 0 Å². The molecule has 0 spiro atoms. The number of aromatic nitrogens is 3. The zero-order valence-electron chi connectivity index (χ0n) is 9.40. The number of hydrogen-bond donors (Lipinski definition) is 0. The van der Waals surface area contributed by atoms with Crippen LogP contribution in [0.5, 0.6) is 0 Å². The molecule has 0 unspecified atom stereocenters. The predicted octanol–water partition coefficient (Wildman–Crippen LogP) is 2.84. The molecule has 2 heterocycles. The molecule has 86 valence electrons. The first kappa shape index (κ1) is 11.7. The van der Waals surface area contributed by atoms with Crippen LogP contribution >= 0.6 is 23.4 Å². The lowest BCUT2D eigenvalue weighted by Crippen LogP contribution is -2.05. The number of rotatable bonds is 4. The van der Waals surface area contributed by atoms with Crippen LogP contribution in [-0.2, 0) is 12.4 Å². The first-order chi connectivity index (χ1) is 7.77. The summed E-state index contributed by atoms with van der Waals surface area (Å²) < 4.78 is 2.12. The topological polar surface area (TPSA) is 30.7 Å². The molecular formula is C11H14ClN3S. The third-order valence-corrected chi connectivity index (χ3v) is 3.38. The maximum Gasteiger partial charge on any atom is 0.160 e. The zero-order chi connectivity index (χ0) is 11.5. The third kappa shape index (κ3) is 2.04. The van der Waals surface area contributed by atoms with Crippen LogP contribution in [-0.4, -0.2) is 26.5 Å². The Bertz CT molecular complexity index is 495. The van der Waals surface area contributed by atoms with Crippen molar-refractivity contribution in [3.8, 4) is 0 Å².